The first-order valence-electron chi connectivity index (χ1n) is 7.59. The minimum absolute atomic E-state index is 0.105. The van der Waals surface area contributed by atoms with Crippen LogP contribution in [0.3, 0.4) is 0 Å². The minimum atomic E-state index is -0.548. The SMILES string of the molecule is CCCCN(CC1CCCN1)C(=O)c1ccc(Cl)cc1F. The molecule has 1 aromatic carbocycles. The fraction of sp³-hybridized carbons (Fsp3) is 0.562. The monoisotopic (exact) mass is 312 g/mol. The number of nitrogens with one attached hydrogen (secondary N) is 1. The van der Waals surface area contributed by atoms with Gasteiger partial charge in [-0.2, -0.15) is 0 Å². The molecule has 1 heterocycles. The standard InChI is InChI=1S/C16H22ClFN2O/c1-2-3-9-20(11-13-5-4-8-19-13)16(21)14-7-6-12(17)10-15(14)18/h6-7,10,13,19H,2-5,8-9,11H2,1H3. The molecular formula is C16H22ClFN2O. The Morgan fingerprint density at radius 1 is 1.52 bits per heavy atom. The Balaban J connectivity index is 2.11. The summed E-state index contributed by atoms with van der Waals surface area (Å²) in [5.74, 6) is -0.792. The highest BCUT2D eigenvalue weighted by Crippen LogP contribution is 2.18. The van der Waals surface area contributed by atoms with Crippen molar-refractivity contribution in [3.8, 4) is 0 Å². The summed E-state index contributed by atoms with van der Waals surface area (Å²) >= 11 is 5.75. The predicted octanol–water partition coefficient (Wildman–Crippen LogP) is 3.47. The van der Waals surface area contributed by atoms with E-state index in [1.54, 1.807) is 11.0 Å². The van der Waals surface area contributed by atoms with E-state index in [0.29, 0.717) is 24.2 Å². The lowest BCUT2D eigenvalue weighted by molar-refractivity contribution is 0.0735. The molecule has 0 radical (unpaired) electrons. The quantitative estimate of drug-likeness (QED) is 0.872. The van der Waals surface area contributed by atoms with Gasteiger partial charge >= 0.3 is 0 Å². The lowest BCUT2D eigenvalue weighted by Crippen LogP contribution is -2.41. The Bertz CT molecular complexity index is 489. The van der Waals surface area contributed by atoms with Gasteiger partial charge in [0.05, 0.1) is 5.56 Å². The van der Waals surface area contributed by atoms with Crippen LogP contribution >= 0.6 is 11.6 Å². The van der Waals surface area contributed by atoms with Gasteiger partial charge in [-0.25, -0.2) is 4.39 Å². The third kappa shape index (κ3) is 4.42. The average molecular weight is 313 g/mol. The summed E-state index contributed by atoms with van der Waals surface area (Å²) in [6, 6.07) is 4.55. The van der Waals surface area contributed by atoms with Gasteiger partial charge in [0.2, 0.25) is 0 Å². The summed E-state index contributed by atoms with van der Waals surface area (Å²) in [5.41, 5.74) is 0.105. The van der Waals surface area contributed by atoms with Crippen LogP contribution in [0.25, 0.3) is 0 Å². The summed E-state index contributed by atoms with van der Waals surface area (Å²) in [7, 11) is 0. The van der Waals surface area contributed by atoms with Crippen LogP contribution in [0.2, 0.25) is 5.02 Å². The molecule has 2 rings (SSSR count). The van der Waals surface area contributed by atoms with Crippen molar-refractivity contribution in [1.82, 2.24) is 10.2 Å². The summed E-state index contributed by atoms with van der Waals surface area (Å²) in [6.45, 7) is 4.38. The van der Waals surface area contributed by atoms with Crippen LogP contribution in [0.15, 0.2) is 18.2 Å². The summed E-state index contributed by atoms with van der Waals surface area (Å²) in [5, 5.41) is 3.69. The van der Waals surface area contributed by atoms with Gasteiger partial charge in [-0.3, -0.25) is 4.79 Å². The number of amides is 1. The first-order valence-corrected chi connectivity index (χ1v) is 7.97. The number of carbonyl (C=O) groups is 1. The Hall–Kier alpha value is -1.13. The van der Waals surface area contributed by atoms with Crippen molar-refractivity contribution < 1.29 is 9.18 Å². The van der Waals surface area contributed by atoms with Gasteiger partial charge in [0.25, 0.3) is 5.91 Å². The number of halogens is 2. The fourth-order valence-corrected chi connectivity index (χ4v) is 2.80. The van der Waals surface area contributed by atoms with E-state index in [9.17, 15) is 9.18 Å². The molecule has 3 nitrogen and oxygen atoms in total. The lowest BCUT2D eigenvalue weighted by Gasteiger charge is -2.26. The second kappa shape index (κ2) is 7.76. The van der Waals surface area contributed by atoms with Gasteiger partial charge < -0.3 is 10.2 Å². The maximum Gasteiger partial charge on any atom is 0.256 e. The van der Waals surface area contributed by atoms with E-state index in [4.69, 9.17) is 11.6 Å². The molecule has 0 spiro atoms. The van der Waals surface area contributed by atoms with Crippen molar-refractivity contribution >= 4 is 17.5 Å². The summed E-state index contributed by atoms with van der Waals surface area (Å²) in [6.07, 6.45) is 4.13. The van der Waals surface area contributed by atoms with Gasteiger partial charge in [0, 0.05) is 24.2 Å². The number of unbranched alkanes of at least 4 members (excludes halogenated alkanes) is 1. The minimum Gasteiger partial charge on any atom is -0.337 e. The first kappa shape index (κ1) is 16.2. The van der Waals surface area contributed by atoms with Gasteiger partial charge in [-0.05, 0) is 44.0 Å². The topological polar surface area (TPSA) is 32.3 Å². The Labute approximate surface area is 130 Å². The zero-order chi connectivity index (χ0) is 15.2. The molecule has 1 aliphatic heterocycles. The highest BCUT2D eigenvalue weighted by Gasteiger charge is 2.23. The number of carbonyl (C=O) groups excluding carboxylic acids is 1. The highest BCUT2D eigenvalue weighted by atomic mass is 35.5. The molecule has 1 atom stereocenters. The molecule has 116 valence electrons. The second-order valence-electron chi connectivity index (χ2n) is 5.52. The van der Waals surface area contributed by atoms with Gasteiger partial charge in [-0.1, -0.05) is 24.9 Å². The van der Waals surface area contributed by atoms with Gasteiger partial charge in [0.1, 0.15) is 5.82 Å². The number of benzene rings is 1. The van der Waals surface area contributed by atoms with Crippen molar-refractivity contribution in [2.45, 2.75) is 38.6 Å². The summed E-state index contributed by atoms with van der Waals surface area (Å²) in [4.78, 5) is 14.3. The molecule has 21 heavy (non-hydrogen) atoms. The molecule has 1 fully saturated rings. The van der Waals surface area contributed by atoms with E-state index >= 15 is 0 Å². The van der Waals surface area contributed by atoms with Crippen molar-refractivity contribution in [2.24, 2.45) is 0 Å². The molecular weight excluding hydrogens is 291 g/mol. The first-order chi connectivity index (χ1) is 10.1. The molecule has 1 amide bonds. The van der Waals surface area contributed by atoms with E-state index < -0.39 is 5.82 Å². The van der Waals surface area contributed by atoms with Crippen LogP contribution in [0.1, 0.15) is 43.0 Å². The summed E-state index contributed by atoms with van der Waals surface area (Å²) < 4.78 is 13.9. The van der Waals surface area contributed by atoms with Crippen LogP contribution in [0, 0.1) is 5.82 Å². The number of hydrogen-bond acceptors (Lipinski definition) is 2. The van der Waals surface area contributed by atoms with E-state index in [2.05, 4.69) is 12.2 Å². The van der Waals surface area contributed by atoms with Crippen molar-refractivity contribution in [2.75, 3.05) is 19.6 Å². The molecule has 0 bridgehead atoms. The van der Waals surface area contributed by atoms with Crippen LogP contribution in [0.4, 0.5) is 4.39 Å². The molecule has 0 aromatic heterocycles. The maximum atomic E-state index is 13.9. The maximum absolute atomic E-state index is 13.9. The third-order valence-electron chi connectivity index (χ3n) is 3.83. The van der Waals surface area contributed by atoms with E-state index in [-0.39, 0.29) is 11.5 Å². The van der Waals surface area contributed by atoms with E-state index in [0.717, 1.165) is 32.2 Å². The molecule has 1 unspecified atom stereocenters. The third-order valence-corrected chi connectivity index (χ3v) is 4.07. The molecule has 1 aliphatic rings. The van der Waals surface area contributed by atoms with E-state index in [1.165, 1.54) is 12.1 Å². The zero-order valence-electron chi connectivity index (χ0n) is 12.4. The largest absolute Gasteiger partial charge is 0.337 e. The molecule has 1 saturated heterocycles. The molecule has 1 aromatic rings. The highest BCUT2D eigenvalue weighted by molar-refractivity contribution is 6.30. The number of rotatable bonds is 6. The van der Waals surface area contributed by atoms with Crippen LogP contribution in [-0.4, -0.2) is 36.5 Å². The lowest BCUT2D eigenvalue weighted by atomic mass is 10.1. The molecule has 0 saturated carbocycles. The Kier molecular flexibility index (Phi) is 6.00. The number of nitrogens with zero attached hydrogens (tertiary/aromatic N) is 1. The predicted molar refractivity (Wildman–Crippen MR) is 83.2 cm³/mol. The normalized spacial score (nSPS) is 18.0. The van der Waals surface area contributed by atoms with Crippen molar-refractivity contribution in [3.05, 3.63) is 34.6 Å². The van der Waals surface area contributed by atoms with Crippen LogP contribution in [0.5, 0.6) is 0 Å². The van der Waals surface area contributed by atoms with Crippen molar-refractivity contribution in [3.63, 3.8) is 0 Å². The van der Waals surface area contributed by atoms with Crippen molar-refractivity contribution in [1.29, 1.82) is 0 Å². The van der Waals surface area contributed by atoms with Gasteiger partial charge in [-0.15, -0.1) is 0 Å². The molecule has 0 aliphatic carbocycles. The fourth-order valence-electron chi connectivity index (χ4n) is 2.64. The van der Waals surface area contributed by atoms with Crippen LogP contribution in [-0.2, 0) is 0 Å². The Morgan fingerprint density at radius 3 is 2.95 bits per heavy atom. The Morgan fingerprint density at radius 2 is 2.33 bits per heavy atom. The second-order valence-corrected chi connectivity index (χ2v) is 5.96. The average Bonchev–Trinajstić information content (AvgIpc) is 2.95. The zero-order valence-corrected chi connectivity index (χ0v) is 13.1. The van der Waals surface area contributed by atoms with Crippen LogP contribution < -0.4 is 5.32 Å². The molecule has 1 N–H and O–H groups in total. The molecule has 5 heteroatoms. The van der Waals surface area contributed by atoms with E-state index in [1.807, 2.05) is 0 Å². The number of hydrogen-bond donors (Lipinski definition) is 1. The smallest absolute Gasteiger partial charge is 0.256 e. The van der Waals surface area contributed by atoms with Gasteiger partial charge in [0.15, 0.2) is 0 Å².